The maximum atomic E-state index is 12.2. The van der Waals surface area contributed by atoms with Gasteiger partial charge in [0.2, 0.25) is 0 Å². The fourth-order valence-electron chi connectivity index (χ4n) is 1.99. The molecule has 0 heterocycles. The van der Waals surface area contributed by atoms with E-state index in [0.29, 0.717) is 0 Å². The second kappa shape index (κ2) is 7.49. The van der Waals surface area contributed by atoms with Gasteiger partial charge in [0.25, 0.3) is 0 Å². The van der Waals surface area contributed by atoms with Crippen LogP contribution in [0.2, 0.25) is 0 Å². The van der Waals surface area contributed by atoms with E-state index < -0.39 is 23.7 Å². The molecule has 0 spiro atoms. The molecular weight excluding hydrogens is 294 g/mol. The standard InChI is InChI=1S/C18H27NO4/c1-12-9-8-10-13(2)15(12)11-22-16(20)14(3)19(7)17(21)23-18(4,5)6/h8-10,14H,11H2,1-7H3/t14-/m0/s1. The Labute approximate surface area is 138 Å². The third-order valence-electron chi connectivity index (χ3n) is 3.61. The third kappa shape index (κ3) is 5.58. The van der Waals surface area contributed by atoms with Crippen LogP contribution in [0, 0.1) is 13.8 Å². The fraction of sp³-hybridized carbons (Fsp3) is 0.556. The zero-order valence-corrected chi connectivity index (χ0v) is 15.1. The van der Waals surface area contributed by atoms with Gasteiger partial charge in [-0.25, -0.2) is 9.59 Å². The number of carbonyl (C=O) groups is 2. The first-order chi connectivity index (χ1) is 10.5. The molecule has 0 radical (unpaired) electrons. The van der Waals surface area contributed by atoms with Gasteiger partial charge in [0.05, 0.1) is 0 Å². The minimum absolute atomic E-state index is 0.198. The van der Waals surface area contributed by atoms with Crippen LogP contribution >= 0.6 is 0 Å². The summed E-state index contributed by atoms with van der Waals surface area (Å²) in [7, 11) is 1.53. The Bertz CT molecular complexity index is 555. The first kappa shape index (κ1) is 19.0. The summed E-state index contributed by atoms with van der Waals surface area (Å²) in [6.45, 7) is 11.1. The number of benzene rings is 1. The number of hydrogen-bond acceptors (Lipinski definition) is 4. The number of rotatable bonds is 4. The number of hydrogen-bond donors (Lipinski definition) is 0. The average molecular weight is 321 g/mol. The molecule has 0 fully saturated rings. The lowest BCUT2D eigenvalue weighted by molar-refractivity contribution is -0.150. The molecule has 0 aromatic heterocycles. The van der Waals surface area contributed by atoms with Crippen molar-refractivity contribution < 1.29 is 19.1 Å². The molecule has 5 nitrogen and oxygen atoms in total. The SMILES string of the molecule is Cc1cccc(C)c1COC(=O)[C@H](C)N(C)C(=O)OC(C)(C)C. The molecule has 0 saturated heterocycles. The molecule has 1 amide bonds. The lowest BCUT2D eigenvalue weighted by Gasteiger charge is -2.27. The molecule has 5 heteroatoms. The topological polar surface area (TPSA) is 55.8 Å². The van der Waals surface area contributed by atoms with E-state index in [2.05, 4.69) is 0 Å². The van der Waals surface area contributed by atoms with Crippen LogP contribution in [0.3, 0.4) is 0 Å². The summed E-state index contributed by atoms with van der Waals surface area (Å²) < 4.78 is 10.6. The second-order valence-corrected chi connectivity index (χ2v) is 6.75. The summed E-state index contributed by atoms with van der Waals surface area (Å²) in [5.41, 5.74) is 2.54. The van der Waals surface area contributed by atoms with Crippen LogP contribution in [-0.4, -0.2) is 35.7 Å². The van der Waals surface area contributed by atoms with Gasteiger partial charge in [0.15, 0.2) is 0 Å². The summed E-state index contributed by atoms with van der Waals surface area (Å²) in [6, 6.07) is 5.21. The molecule has 0 aliphatic rings. The second-order valence-electron chi connectivity index (χ2n) is 6.75. The summed E-state index contributed by atoms with van der Waals surface area (Å²) in [5, 5.41) is 0. The number of ether oxygens (including phenoxy) is 2. The van der Waals surface area contributed by atoms with Crippen molar-refractivity contribution in [3.05, 3.63) is 34.9 Å². The normalized spacial score (nSPS) is 12.5. The van der Waals surface area contributed by atoms with Crippen LogP contribution in [0.1, 0.15) is 44.4 Å². The van der Waals surface area contributed by atoms with Crippen molar-refractivity contribution in [3.8, 4) is 0 Å². The Kier molecular flexibility index (Phi) is 6.19. The van der Waals surface area contributed by atoms with Crippen molar-refractivity contribution in [2.24, 2.45) is 0 Å². The highest BCUT2D eigenvalue weighted by Crippen LogP contribution is 2.16. The highest BCUT2D eigenvalue weighted by atomic mass is 16.6. The third-order valence-corrected chi connectivity index (χ3v) is 3.61. The van der Waals surface area contributed by atoms with Gasteiger partial charge in [-0.05, 0) is 58.2 Å². The highest BCUT2D eigenvalue weighted by molar-refractivity contribution is 5.81. The van der Waals surface area contributed by atoms with Crippen molar-refractivity contribution in [2.75, 3.05) is 7.05 Å². The molecule has 0 N–H and O–H groups in total. The predicted molar refractivity (Wildman–Crippen MR) is 89.2 cm³/mol. The largest absolute Gasteiger partial charge is 0.459 e. The maximum absolute atomic E-state index is 12.2. The van der Waals surface area contributed by atoms with Crippen molar-refractivity contribution in [3.63, 3.8) is 0 Å². The lowest BCUT2D eigenvalue weighted by atomic mass is 10.0. The highest BCUT2D eigenvalue weighted by Gasteiger charge is 2.28. The van der Waals surface area contributed by atoms with E-state index in [4.69, 9.17) is 9.47 Å². The van der Waals surface area contributed by atoms with Gasteiger partial charge < -0.3 is 9.47 Å². The summed E-state index contributed by atoms with van der Waals surface area (Å²) in [4.78, 5) is 25.4. The van der Waals surface area contributed by atoms with E-state index in [1.165, 1.54) is 11.9 Å². The van der Waals surface area contributed by atoms with Crippen LogP contribution in [0.5, 0.6) is 0 Å². The Hall–Kier alpha value is -2.04. The Morgan fingerprint density at radius 1 is 1.17 bits per heavy atom. The molecule has 0 saturated carbocycles. The molecule has 1 atom stereocenters. The number of amides is 1. The van der Waals surface area contributed by atoms with Crippen molar-refractivity contribution in [1.82, 2.24) is 4.90 Å². The number of likely N-dealkylation sites (N-methyl/N-ethyl adjacent to an activating group) is 1. The monoisotopic (exact) mass is 321 g/mol. The molecule has 23 heavy (non-hydrogen) atoms. The van der Waals surface area contributed by atoms with E-state index in [1.54, 1.807) is 27.7 Å². The van der Waals surface area contributed by atoms with Crippen LogP contribution in [-0.2, 0) is 20.9 Å². The number of aryl methyl sites for hydroxylation is 2. The minimum Gasteiger partial charge on any atom is -0.459 e. The lowest BCUT2D eigenvalue weighted by Crippen LogP contribution is -2.43. The van der Waals surface area contributed by atoms with Crippen LogP contribution in [0.15, 0.2) is 18.2 Å². The van der Waals surface area contributed by atoms with Gasteiger partial charge >= 0.3 is 12.1 Å². The molecule has 128 valence electrons. The van der Waals surface area contributed by atoms with E-state index in [1.807, 2.05) is 32.0 Å². The smallest absolute Gasteiger partial charge is 0.410 e. The van der Waals surface area contributed by atoms with Crippen LogP contribution < -0.4 is 0 Å². The molecule has 0 aliphatic heterocycles. The van der Waals surface area contributed by atoms with Gasteiger partial charge in [-0.1, -0.05) is 18.2 Å². The quantitative estimate of drug-likeness (QED) is 0.795. The molecule has 1 rings (SSSR count). The van der Waals surface area contributed by atoms with E-state index in [9.17, 15) is 9.59 Å². The summed E-state index contributed by atoms with van der Waals surface area (Å²) in [6.07, 6.45) is -0.547. The zero-order valence-electron chi connectivity index (χ0n) is 15.1. The van der Waals surface area contributed by atoms with Crippen LogP contribution in [0.25, 0.3) is 0 Å². The Morgan fingerprint density at radius 3 is 2.17 bits per heavy atom. The van der Waals surface area contributed by atoms with E-state index >= 15 is 0 Å². The Balaban J connectivity index is 2.65. The van der Waals surface area contributed by atoms with Crippen molar-refractivity contribution in [2.45, 2.75) is 59.8 Å². The first-order valence-electron chi connectivity index (χ1n) is 7.70. The van der Waals surface area contributed by atoms with Gasteiger partial charge in [0, 0.05) is 7.05 Å². The van der Waals surface area contributed by atoms with E-state index in [0.717, 1.165) is 16.7 Å². The maximum Gasteiger partial charge on any atom is 0.410 e. The fourth-order valence-corrected chi connectivity index (χ4v) is 1.99. The van der Waals surface area contributed by atoms with Crippen molar-refractivity contribution in [1.29, 1.82) is 0 Å². The van der Waals surface area contributed by atoms with Gasteiger partial charge in [-0.15, -0.1) is 0 Å². The number of carbonyl (C=O) groups excluding carboxylic acids is 2. The van der Waals surface area contributed by atoms with Crippen LogP contribution in [0.4, 0.5) is 4.79 Å². The predicted octanol–water partition coefficient (Wildman–Crippen LogP) is 3.60. The molecule has 0 bridgehead atoms. The first-order valence-corrected chi connectivity index (χ1v) is 7.70. The number of esters is 1. The van der Waals surface area contributed by atoms with Gasteiger partial charge in [-0.2, -0.15) is 0 Å². The zero-order chi connectivity index (χ0) is 17.8. The summed E-state index contributed by atoms with van der Waals surface area (Å²) in [5.74, 6) is -0.457. The molecule has 0 unspecified atom stereocenters. The Morgan fingerprint density at radius 2 is 1.70 bits per heavy atom. The summed E-state index contributed by atoms with van der Waals surface area (Å²) >= 11 is 0. The van der Waals surface area contributed by atoms with Gasteiger partial charge in [-0.3, -0.25) is 4.90 Å². The van der Waals surface area contributed by atoms with Crippen molar-refractivity contribution >= 4 is 12.1 Å². The molecular formula is C18H27NO4. The minimum atomic E-state index is -0.714. The molecule has 0 aliphatic carbocycles. The molecule has 1 aromatic carbocycles. The average Bonchev–Trinajstić information content (AvgIpc) is 2.43. The molecule has 1 aromatic rings. The van der Waals surface area contributed by atoms with Gasteiger partial charge in [0.1, 0.15) is 18.2 Å². The van der Waals surface area contributed by atoms with E-state index in [-0.39, 0.29) is 6.61 Å². The number of nitrogens with zero attached hydrogens (tertiary/aromatic N) is 1.